The average molecular weight is 284 g/mol. The summed E-state index contributed by atoms with van der Waals surface area (Å²) in [6.45, 7) is 2.12. The van der Waals surface area contributed by atoms with Crippen molar-refractivity contribution in [3.05, 3.63) is 57.6 Å². The molecule has 104 valence electrons. The molecule has 2 nitrogen and oxygen atoms in total. The van der Waals surface area contributed by atoms with Crippen LogP contribution in [-0.4, -0.2) is 9.97 Å². The Morgan fingerprint density at radius 2 is 2.05 bits per heavy atom. The van der Waals surface area contributed by atoms with Gasteiger partial charge in [-0.3, -0.25) is 0 Å². The number of nitrogens with one attached hydrogen (secondary N) is 1. The monoisotopic (exact) mass is 284 g/mol. The van der Waals surface area contributed by atoms with E-state index >= 15 is 0 Å². The summed E-state index contributed by atoms with van der Waals surface area (Å²) < 4.78 is 0.716. The lowest BCUT2D eigenvalue weighted by Crippen LogP contribution is -2.04. The highest BCUT2D eigenvalue weighted by Crippen LogP contribution is 2.32. The second kappa shape index (κ2) is 5.88. The van der Waals surface area contributed by atoms with Crippen LogP contribution in [0.15, 0.2) is 30.3 Å². The Morgan fingerprint density at radius 3 is 2.80 bits per heavy atom. The summed E-state index contributed by atoms with van der Waals surface area (Å²) in [5, 5.41) is 0. The number of hydrogen-bond donors (Lipinski definition) is 1. The SMILES string of the molecule is Cc1cccc(Cc2nc(=S)cc(C3CCCC3)[nH]2)c1. The average Bonchev–Trinajstić information content (AvgIpc) is 2.91. The largest absolute Gasteiger partial charge is 0.347 e. The lowest BCUT2D eigenvalue weighted by Gasteiger charge is -2.11. The van der Waals surface area contributed by atoms with Gasteiger partial charge in [-0.1, -0.05) is 54.9 Å². The molecular formula is C17H20N2S. The van der Waals surface area contributed by atoms with Crippen LogP contribution >= 0.6 is 12.2 Å². The van der Waals surface area contributed by atoms with Gasteiger partial charge < -0.3 is 4.98 Å². The molecule has 1 heterocycles. The predicted molar refractivity (Wildman–Crippen MR) is 84.6 cm³/mol. The van der Waals surface area contributed by atoms with Gasteiger partial charge in [0.25, 0.3) is 0 Å². The Labute approximate surface area is 125 Å². The van der Waals surface area contributed by atoms with Crippen LogP contribution in [0.3, 0.4) is 0 Å². The summed E-state index contributed by atoms with van der Waals surface area (Å²) in [5.41, 5.74) is 3.85. The molecule has 0 unspecified atom stereocenters. The van der Waals surface area contributed by atoms with Crippen molar-refractivity contribution in [3.8, 4) is 0 Å². The van der Waals surface area contributed by atoms with E-state index in [1.165, 1.54) is 42.5 Å². The van der Waals surface area contributed by atoms with E-state index in [-0.39, 0.29) is 0 Å². The quantitative estimate of drug-likeness (QED) is 0.828. The summed E-state index contributed by atoms with van der Waals surface area (Å²) in [6, 6.07) is 10.6. The highest BCUT2D eigenvalue weighted by Gasteiger charge is 2.18. The first kappa shape index (κ1) is 13.5. The Hall–Kier alpha value is -1.48. The molecule has 0 saturated heterocycles. The van der Waals surface area contributed by atoms with E-state index in [9.17, 15) is 0 Å². The molecule has 0 radical (unpaired) electrons. The van der Waals surface area contributed by atoms with Crippen LogP contribution in [0, 0.1) is 11.6 Å². The van der Waals surface area contributed by atoms with E-state index in [1.54, 1.807) is 0 Å². The van der Waals surface area contributed by atoms with Gasteiger partial charge in [0.15, 0.2) is 0 Å². The summed E-state index contributed by atoms with van der Waals surface area (Å²) in [5.74, 6) is 1.64. The zero-order valence-electron chi connectivity index (χ0n) is 11.9. The molecule has 1 aromatic heterocycles. The highest BCUT2D eigenvalue weighted by atomic mass is 32.1. The minimum Gasteiger partial charge on any atom is -0.347 e. The van der Waals surface area contributed by atoms with E-state index in [2.05, 4.69) is 41.2 Å². The van der Waals surface area contributed by atoms with Gasteiger partial charge in [0.05, 0.1) is 0 Å². The normalized spacial score (nSPS) is 15.7. The molecule has 1 aromatic carbocycles. The molecule has 1 aliphatic rings. The first-order valence-corrected chi connectivity index (χ1v) is 7.77. The smallest absolute Gasteiger partial charge is 0.130 e. The fourth-order valence-corrected chi connectivity index (χ4v) is 3.32. The van der Waals surface area contributed by atoms with Crippen molar-refractivity contribution >= 4 is 12.2 Å². The zero-order chi connectivity index (χ0) is 13.9. The van der Waals surface area contributed by atoms with Crippen molar-refractivity contribution in [2.75, 3.05) is 0 Å². The molecular weight excluding hydrogens is 264 g/mol. The van der Waals surface area contributed by atoms with E-state index in [0.29, 0.717) is 10.6 Å². The summed E-state index contributed by atoms with van der Waals surface area (Å²) in [7, 11) is 0. The zero-order valence-corrected chi connectivity index (χ0v) is 12.7. The molecule has 0 amide bonds. The summed E-state index contributed by atoms with van der Waals surface area (Å²) in [6.07, 6.45) is 6.05. The van der Waals surface area contributed by atoms with Crippen molar-refractivity contribution < 1.29 is 0 Å². The van der Waals surface area contributed by atoms with Crippen LogP contribution < -0.4 is 0 Å². The van der Waals surface area contributed by atoms with Gasteiger partial charge in [-0.25, -0.2) is 4.98 Å². The van der Waals surface area contributed by atoms with E-state index in [4.69, 9.17) is 12.2 Å². The predicted octanol–water partition coefficient (Wildman–Crippen LogP) is 4.70. The molecule has 1 fully saturated rings. The molecule has 0 spiro atoms. The van der Waals surface area contributed by atoms with Crippen LogP contribution in [0.25, 0.3) is 0 Å². The maximum atomic E-state index is 5.33. The molecule has 0 bridgehead atoms. The third-order valence-electron chi connectivity index (χ3n) is 4.06. The first-order chi connectivity index (χ1) is 9.70. The van der Waals surface area contributed by atoms with Crippen LogP contribution in [-0.2, 0) is 6.42 Å². The van der Waals surface area contributed by atoms with Gasteiger partial charge in [-0.2, -0.15) is 0 Å². The fraction of sp³-hybridized carbons (Fsp3) is 0.412. The van der Waals surface area contributed by atoms with E-state index in [1.807, 2.05) is 6.07 Å². The van der Waals surface area contributed by atoms with Crippen molar-refractivity contribution in [1.82, 2.24) is 9.97 Å². The topological polar surface area (TPSA) is 28.7 Å². The Morgan fingerprint density at radius 1 is 1.25 bits per heavy atom. The van der Waals surface area contributed by atoms with Crippen molar-refractivity contribution in [2.45, 2.75) is 44.9 Å². The van der Waals surface area contributed by atoms with Crippen molar-refractivity contribution in [2.24, 2.45) is 0 Å². The maximum absolute atomic E-state index is 5.33. The molecule has 0 atom stereocenters. The van der Waals surface area contributed by atoms with E-state index < -0.39 is 0 Å². The lowest BCUT2D eigenvalue weighted by atomic mass is 10.0. The number of H-pyrrole nitrogens is 1. The highest BCUT2D eigenvalue weighted by molar-refractivity contribution is 7.71. The number of rotatable bonds is 3. The number of aromatic amines is 1. The van der Waals surface area contributed by atoms with E-state index in [0.717, 1.165) is 12.2 Å². The second-order valence-corrected chi connectivity index (χ2v) is 6.19. The van der Waals surface area contributed by atoms with Gasteiger partial charge in [-0.05, 0) is 37.3 Å². The van der Waals surface area contributed by atoms with Crippen LogP contribution in [0.5, 0.6) is 0 Å². The summed E-state index contributed by atoms with van der Waals surface area (Å²) in [4.78, 5) is 8.01. The van der Waals surface area contributed by atoms with Crippen LogP contribution in [0.4, 0.5) is 0 Å². The van der Waals surface area contributed by atoms with Crippen molar-refractivity contribution in [3.63, 3.8) is 0 Å². The molecule has 0 aliphatic heterocycles. The number of hydrogen-bond acceptors (Lipinski definition) is 2. The number of nitrogens with zero attached hydrogens (tertiary/aromatic N) is 1. The van der Waals surface area contributed by atoms with Gasteiger partial charge in [0, 0.05) is 12.1 Å². The number of aromatic nitrogens is 2. The molecule has 3 heteroatoms. The third-order valence-corrected chi connectivity index (χ3v) is 4.27. The van der Waals surface area contributed by atoms with Gasteiger partial charge >= 0.3 is 0 Å². The minimum absolute atomic E-state index is 0.649. The fourth-order valence-electron chi connectivity index (χ4n) is 3.08. The maximum Gasteiger partial charge on any atom is 0.130 e. The van der Waals surface area contributed by atoms with Gasteiger partial charge in [-0.15, -0.1) is 0 Å². The molecule has 20 heavy (non-hydrogen) atoms. The van der Waals surface area contributed by atoms with Crippen LogP contribution in [0.1, 0.15) is 54.2 Å². The lowest BCUT2D eigenvalue weighted by molar-refractivity contribution is 0.685. The Bertz CT molecular complexity index is 654. The Kier molecular flexibility index (Phi) is 3.97. The molecule has 3 rings (SSSR count). The van der Waals surface area contributed by atoms with Gasteiger partial charge in [0.1, 0.15) is 10.5 Å². The molecule has 1 aliphatic carbocycles. The van der Waals surface area contributed by atoms with Gasteiger partial charge in [0.2, 0.25) is 0 Å². The van der Waals surface area contributed by atoms with Crippen LogP contribution in [0.2, 0.25) is 0 Å². The number of aryl methyl sites for hydroxylation is 1. The summed E-state index contributed by atoms with van der Waals surface area (Å²) >= 11 is 5.33. The minimum atomic E-state index is 0.649. The first-order valence-electron chi connectivity index (χ1n) is 7.36. The standard InChI is InChI=1S/C17H20N2S/c1-12-5-4-6-13(9-12)10-16-18-15(11-17(20)19-16)14-7-2-3-8-14/h4-6,9,11,14H,2-3,7-8,10H2,1H3,(H,18,19,20). The Balaban J connectivity index is 1.87. The second-order valence-electron chi connectivity index (χ2n) is 5.77. The third kappa shape index (κ3) is 3.15. The number of benzene rings is 1. The molecule has 1 saturated carbocycles. The molecule has 2 aromatic rings. The van der Waals surface area contributed by atoms with Crippen molar-refractivity contribution in [1.29, 1.82) is 0 Å². The molecule has 1 N–H and O–H groups in total.